The van der Waals surface area contributed by atoms with Crippen molar-refractivity contribution in [3.8, 4) is 0 Å². The number of hydrogen-bond donors (Lipinski definition) is 3. The number of carboxylic acids is 1. The molecule has 108 valence electrons. The Hall–Kier alpha value is -0.990. The van der Waals surface area contributed by atoms with Crippen LogP contribution in [0.3, 0.4) is 0 Å². The van der Waals surface area contributed by atoms with E-state index in [2.05, 4.69) is 0 Å². The molecular weight excluding hydrogens is 256 g/mol. The number of allylic oxidation sites excluding steroid dienone is 1. The highest BCUT2D eigenvalue weighted by Crippen LogP contribution is 2.46. The fraction of sp³-hybridized carbons (Fsp3) is 0.750. The summed E-state index contributed by atoms with van der Waals surface area (Å²) in [5, 5.41) is 28.7. The highest BCUT2D eigenvalue weighted by atomic mass is 16.8. The molecule has 2 heterocycles. The number of ether oxygens (including phenoxy) is 3. The number of epoxide rings is 1. The molecular formula is C12H18O7. The zero-order valence-corrected chi connectivity index (χ0v) is 10.8. The fourth-order valence-corrected chi connectivity index (χ4v) is 2.11. The number of rotatable bonds is 5. The third-order valence-electron chi connectivity index (χ3n) is 3.17. The molecule has 0 bridgehead atoms. The van der Waals surface area contributed by atoms with Crippen molar-refractivity contribution < 1.29 is 34.3 Å². The maximum atomic E-state index is 11.0. The van der Waals surface area contributed by atoms with Crippen LogP contribution in [0.1, 0.15) is 20.3 Å². The van der Waals surface area contributed by atoms with Gasteiger partial charge in [0.2, 0.25) is 5.79 Å². The quantitative estimate of drug-likeness (QED) is 0.463. The highest BCUT2D eigenvalue weighted by Gasteiger charge is 2.72. The predicted molar refractivity (Wildman–Crippen MR) is 62.1 cm³/mol. The average Bonchev–Trinajstić information content (AvgIpc) is 3.02. The van der Waals surface area contributed by atoms with E-state index in [1.807, 2.05) is 19.9 Å². The molecule has 3 N–H and O–H groups in total. The van der Waals surface area contributed by atoms with E-state index in [9.17, 15) is 15.0 Å². The minimum absolute atomic E-state index is 0.183. The minimum atomic E-state index is -1.88. The van der Waals surface area contributed by atoms with Crippen LogP contribution < -0.4 is 0 Å². The first-order valence-corrected chi connectivity index (χ1v) is 6.14. The smallest absolute Gasteiger partial charge is 0.335 e. The van der Waals surface area contributed by atoms with Gasteiger partial charge >= 0.3 is 5.97 Å². The standard InChI is InChI=1S/C12H18O7/c1-3-4-6(2)5-17-11-8(13)12(16)9(19-12)7(18-11)10(14)15/h4,7-9,11,13,16H,3,5H2,1-2H3,(H,14,15)/b6-4+. The van der Waals surface area contributed by atoms with E-state index < -0.39 is 36.4 Å². The van der Waals surface area contributed by atoms with Crippen molar-refractivity contribution in [3.05, 3.63) is 11.6 Å². The van der Waals surface area contributed by atoms with E-state index in [1.54, 1.807) is 0 Å². The van der Waals surface area contributed by atoms with Crippen molar-refractivity contribution in [2.24, 2.45) is 0 Å². The number of carboxylic acid groups (broad SMARTS) is 1. The van der Waals surface area contributed by atoms with Crippen LogP contribution in [0, 0.1) is 0 Å². The lowest BCUT2D eigenvalue weighted by Gasteiger charge is -2.31. The predicted octanol–water partition coefficient (Wildman–Crippen LogP) is -0.383. The van der Waals surface area contributed by atoms with Gasteiger partial charge in [0.25, 0.3) is 0 Å². The normalized spacial score (nSPS) is 41.8. The molecule has 0 aromatic carbocycles. The number of fused-ring (bicyclic) bond motifs is 1. The van der Waals surface area contributed by atoms with Crippen LogP contribution in [0.2, 0.25) is 0 Å². The largest absolute Gasteiger partial charge is 0.479 e. The second-order valence-electron chi connectivity index (χ2n) is 4.77. The van der Waals surface area contributed by atoms with Crippen LogP contribution in [0.15, 0.2) is 11.6 Å². The molecule has 7 nitrogen and oxygen atoms in total. The van der Waals surface area contributed by atoms with E-state index >= 15 is 0 Å². The second-order valence-corrected chi connectivity index (χ2v) is 4.77. The first-order chi connectivity index (χ1) is 8.90. The Kier molecular flexibility index (Phi) is 3.93. The molecule has 5 unspecified atom stereocenters. The molecule has 2 rings (SSSR count). The van der Waals surface area contributed by atoms with Gasteiger partial charge in [-0.15, -0.1) is 0 Å². The molecule has 7 heteroatoms. The van der Waals surface area contributed by atoms with Crippen molar-refractivity contribution in [2.45, 2.75) is 50.7 Å². The van der Waals surface area contributed by atoms with Crippen molar-refractivity contribution in [1.29, 1.82) is 0 Å². The third kappa shape index (κ3) is 2.65. The molecule has 0 aromatic rings. The SMILES string of the molecule is CC/C=C(\C)COC1OC(C(=O)O)C2OC2(O)C1O. The molecule has 2 aliphatic heterocycles. The Morgan fingerprint density at radius 2 is 2.21 bits per heavy atom. The molecule has 19 heavy (non-hydrogen) atoms. The molecule has 5 atom stereocenters. The first kappa shape index (κ1) is 14.4. The van der Waals surface area contributed by atoms with Gasteiger partial charge in [0.15, 0.2) is 24.6 Å². The third-order valence-corrected chi connectivity index (χ3v) is 3.17. The first-order valence-electron chi connectivity index (χ1n) is 6.14. The fourth-order valence-electron chi connectivity index (χ4n) is 2.11. The van der Waals surface area contributed by atoms with Crippen LogP contribution in [0.4, 0.5) is 0 Å². The summed E-state index contributed by atoms with van der Waals surface area (Å²) in [5.74, 6) is -3.14. The maximum absolute atomic E-state index is 11.0. The van der Waals surface area contributed by atoms with Gasteiger partial charge in [0, 0.05) is 0 Å². The topological polar surface area (TPSA) is 109 Å². The van der Waals surface area contributed by atoms with E-state index in [0.29, 0.717) is 0 Å². The Labute approximate surface area is 110 Å². The summed E-state index contributed by atoms with van der Waals surface area (Å²) in [6, 6.07) is 0. The number of hydrogen-bond acceptors (Lipinski definition) is 6. The van der Waals surface area contributed by atoms with Crippen LogP contribution in [-0.4, -0.2) is 58.3 Å². The summed E-state index contributed by atoms with van der Waals surface area (Å²) in [4.78, 5) is 11.0. The number of carbonyl (C=O) groups is 1. The van der Waals surface area contributed by atoms with E-state index in [1.165, 1.54) is 0 Å². The Bertz CT molecular complexity index is 394. The lowest BCUT2D eigenvalue weighted by Crippen LogP contribution is -2.55. The lowest BCUT2D eigenvalue weighted by molar-refractivity contribution is -0.263. The Balaban J connectivity index is 2.00. The monoisotopic (exact) mass is 274 g/mol. The summed E-state index contributed by atoms with van der Waals surface area (Å²) in [6.45, 7) is 4.00. The summed E-state index contributed by atoms with van der Waals surface area (Å²) >= 11 is 0. The van der Waals surface area contributed by atoms with Gasteiger partial charge in [-0.1, -0.05) is 18.6 Å². The number of aliphatic hydroxyl groups is 2. The molecule has 2 saturated heterocycles. The van der Waals surface area contributed by atoms with E-state index in [0.717, 1.165) is 12.0 Å². The van der Waals surface area contributed by atoms with Gasteiger partial charge < -0.3 is 29.5 Å². The van der Waals surface area contributed by atoms with Crippen LogP contribution >= 0.6 is 0 Å². The van der Waals surface area contributed by atoms with Crippen LogP contribution in [-0.2, 0) is 19.0 Å². The molecule has 0 amide bonds. The van der Waals surface area contributed by atoms with Gasteiger partial charge in [-0.05, 0) is 13.3 Å². The molecule has 2 fully saturated rings. The molecule has 0 aromatic heterocycles. The van der Waals surface area contributed by atoms with Gasteiger partial charge in [-0.25, -0.2) is 4.79 Å². The summed E-state index contributed by atoms with van der Waals surface area (Å²) < 4.78 is 15.3. The molecule has 0 spiro atoms. The second kappa shape index (κ2) is 5.18. The number of aliphatic hydroxyl groups excluding tert-OH is 1. The van der Waals surface area contributed by atoms with Crippen LogP contribution in [0.5, 0.6) is 0 Å². The Morgan fingerprint density at radius 3 is 2.79 bits per heavy atom. The average molecular weight is 274 g/mol. The van der Waals surface area contributed by atoms with Crippen molar-refractivity contribution in [1.82, 2.24) is 0 Å². The maximum Gasteiger partial charge on any atom is 0.335 e. The zero-order chi connectivity index (χ0) is 14.2. The van der Waals surface area contributed by atoms with Gasteiger partial charge in [-0.3, -0.25) is 0 Å². The van der Waals surface area contributed by atoms with Gasteiger partial charge in [0.05, 0.1) is 6.61 Å². The summed E-state index contributed by atoms with van der Waals surface area (Å²) in [7, 11) is 0. The zero-order valence-electron chi connectivity index (χ0n) is 10.8. The van der Waals surface area contributed by atoms with E-state index in [4.69, 9.17) is 19.3 Å². The van der Waals surface area contributed by atoms with Crippen molar-refractivity contribution in [3.63, 3.8) is 0 Å². The van der Waals surface area contributed by atoms with Crippen molar-refractivity contribution >= 4 is 5.97 Å². The molecule has 0 aliphatic carbocycles. The summed E-state index contributed by atoms with van der Waals surface area (Å²) in [6.07, 6.45) is -2.26. The summed E-state index contributed by atoms with van der Waals surface area (Å²) in [5.41, 5.74) is 0.927. The molecule has 0 radical (unpaired) electrons. The van der Waals surface area contributed by atoms with E-state index in [-0.39, 0.29) is 6.61 Å². The minimum Gasteiger partial charge on any atom is -0.479 e. The number of aliphatic carboxylic acids is 1. The lowest BCUT2D eigenvalue weighted by atomic mass is 10.0. The molecule has 0 saturated carbocycles. The van der Waals surface area contributed by atoms with Gasteiger partial charge in [0.1, 0.15) is 0 Å². The Morgan fingerprint density at radius 1 is 1.53 bits per heavy atom. The van der Waals surface area contributed by atoms with Gasteiger partial charge in [-0.2, -0.15) is 0 Å². The highest BCUT2D eigenvalue weighted by molar-refractivity contribution is 5.74. The van der Waals surface area contributed by atoms with Crippen molar-refractivity contribution in [2.75, 3.05) is 6.61 Å². The van der Waals surface area contributed by atoms with Crippen LogP contribution in [0.25, 0.3) is 0 Å². The molecule has 2 aliphatic rings.